The van der Waals surface area contributed by atoms with Crippen LogP contribution in [0, 0.1) is 11.8 Å². The number of amides is 1. The van der Waals surface area contributed by atoms with Crippen molar-refractivity contribution in [1.29, 1.82) is 0 Å². The Labute approximate surface area is 118 Å². The summed E-state index contributed by atoms with van der Waals surface area (Å²) in [5.41, 5.74) is 1.40. The van der Waals surface area contributed by atoms with Gasteiger partial charge >= 0.3 is 0 Å². The van der Waals surface area contributed by atoms with Crippen LogP contribution >= 0.6 is 0 Å². The van der Waals surface area contributed by atoms with Crippen LogP contribution in [0.4, 0.5) is 0 Å². The number of allylic oxidation sites excluding steroid dienone is 3. The molecule has 108 valence electrons. The molecular formula is C17H29NO. The lowest BCUT2D eigenvalue weighted by molar-refractivity contribution is -0.132. The smallest absolute Gasteiger partial charge is 0.220 e. The molecule has 2 atom stereocenters. The molecule has 0 heterocycles. The van der Waals surface area contributed by atoms with Crippen molar-refractivity contribution in [3.63, 3.8) is 0 Å². The van der Waals surface area contributed by atoms with Gasteiger partial charge in [0.1, 0.15) is 0 Å². The van der Waals surface area contributed by atoms with Crippen molar-refractivity contribution >= 4 is 5.91 Å². The van der Waals surface area contributed by atoms with E-state index in [2.05, 4.69) is 52.8 Å². The van der Waals surface area contributed by atoms with Crippen LogP contribution in [0.15, 0.2) is 23.8 Å². The maximum absolute atomic E-state index is 11.7. The third-order valence-electron chi connectivity index (χ3n) is 3.96. The standard InChI is InChI=1S/C17H29NO/c1-13-9-10-16(14(2)12-13)8-7-11-18(15(3)19)17(4,5)6/h7-8,12,14,16H,9-11H2,1-6H3/b8-7+. The van der Waals surface area contributed by atoms with Crippen LogP contribution in [0.3, 0.4) is 0 Å². The number of hydrogen-bond donors (Lipinski definition) is 0. The summed E-state index contributed by atoms with van der Waals surface area (Å²) in [5.74, 6) is 1.38. The molecule has 0 fully saturated rings. The minimum Gasteiger partial charge on any atom is -0.334 e. The van der Waals surface area contributed by atoms with Crippen molar-refractivity contribution in [2.24, 2.45) is 11.8 Å². The number of carbonyl (C=O) groups excluding carboxylic acids is 1. The molecule has 1 rings (SSSR count). The number of rotatable bonds is 3. The van der Waals surface area contributed by atoms with Crippen LogP contribution in [-0.2, 0) is 4.79 Å². The number of carbonyl (C=O) groups is 1. The van der Waals surface area contributed by atoms with E-state index < -0.39 is 0 Å². The lowest BCUT2D eigenvalue weighted by atomic mass is 9.82. The Kier molecular flexibility index (Phi) is 5.39. The molecule has 1 aliphatic carbocycles. The van der Waals surface area contributed by atoms with Gasteiger partial charge in [-0.2, -0.15) is 0 Å². The molecule has 0 aliphatic heterocycles. The highest BCUT2D eigenvalue weighted by Crippen LogP contribution is 2.29. The van der Waals surface area contributed by atoms with Gasteiger partial charge in [0.2, 0.25) is 5.91 Å². The number of hydrogen-bond acceptors (Lipinski definition) is 1. The van der Waals surface area contributed by atoms with E-state index >= 15 is 0 Å². The summed E-state index contributed by atoms with van der Waals surface area (Å²) in [6, 6.07) is 0. The summed E-state index contributed by atoms with van der Waals surface area (Å²) in [4.78, 5) is 13.6. The third kappa shape index (κ3) is 4.85. The molecule has 0 bridgehead atoms. The van der Waals surface area contributed by atoms with Gasteiger partial charge in [0.15, 0.2) is 0 Å². The van der Waals surface area contributed by atoms with Crippen LogP contribution in [-0.4, -0.2) is 22.9 Å². The fraction of sp³-hybridized carbons (Fsp3) is 0.706. The zero-order valence-electron chi connectivity index (χ0n) is 13.4. The van der Waals surface area contributed by atoms with E-state index in [4.69, 9.17) is 0 Å². The van der Waals surface area contributed by atoms with Crippen LogP contribution in [0.5, 0.6) is 0 Å². The zero-order chi connectivity index (χ0) is 14.6. The van der Waals surface area contributed by atoms with E-state index in [0.717, 1.165) is 0 Å². The molecule has 0 saturated carbocycles. The largest absolute Gasteiger partial charge is 0.334 e. The first-order chi connectivity index (χ1) is 8.71. The van der Waals surface area contributed by atoms with Gasteiger partial charge in [-0.3, -0.25) is 4.79 Å². The van der Waals surface area contributed by atoms with Crippen molar-refractivity contribution in [3.05, 3.63) is 23.8 Å². The Morgan fingerprint density at radius 3 is 2.58 bits per heavy atom. The first kappa shape index (κ1) is 16.0. The summed E-state index contributed by atoms with van der Waals surface area (Å²) in [6.07, 6.45) is 9.28. The van der Waals surface area contributed by atoms with Gasteiger partial charge in [-0.25, -0.2) is 0 Å². The average Bonchev–Trinajstić information content (AvgIpc) is 2.24. The molecule has 0 spiro atoms. The van der Waals surface area contributed by atoms with Gasteiger partial charge in [0.05, 0.1) is 0 Å². The second-order valence-corrected chi connectivity index (χ2v) is 6.80. The average molecular weight is 263 g/mol. The predicted molar refractivity (Wildman–Crippen MR) is 81.9 cm³/mol. The molecule has 2 heteroatoms. The molecule has 2 unspecified atom stereocenters. The lowest BCUT2D eigenvalue weighted by Crippen LogP contribution is -2.44. The van der Waals surface area contributed by atoms with Crippen LogP contribution < -0.4 is 0 Å². The normalized spacial score (nSPS) is 24.4. The van der Waals surface area contributed by atoms with Gasteiger partial charge in [0.25, 0.3) is 0 Å². The SMILES string of the molecule is CC(=O)N(C/C=C/C1CCC(C)=CC1C)C(C)(C)C. The van der Waals surface area contributed by atoms with E-state index in [-0.39, 0.29) is 11.4 Å². The maximum Gasteiger partial charge on any atom is 0.220 e. The Morgan fingerprint density at radius 1 is 1.47 bits per heavy atom. The fourth-order valence-corrected chi connectivity index (χ4v) is 2.80. The Hall–Kier alpha value is -1.05. The van der Waals surface area contributed by atoms with E-state index in [1.54, 1.807) is 6.92 Å². The molecule has 0 N–H and O–H groups in total. The summed E-state index contributed by atoms with van der Waals surface area (Å²) in [6.45, 7) is 13.1. The Morgan fingerprint density at radius 2 is 2.11 bits per heavy atom. The van der Waals surface area contributed by atoms with Crippen molar-refractivity contribution in [2.75, 3.05) is 6.54 Å². The summed E-state index contributed by atoms with van der Waals surface area (Å²) in [5, 5.41) is 0. The summed E-state index contributed by atoms with van der Waals surface area (Å²) in [7, 11) is 0. The van der Waals surface area contributed by atoms with Crippen molar-refractivity contribution in [1.82, 2.24) is 4.90 Å². The third-order valence-corrected chi connectivity index (χ3v) is 3.96. The van der Waals surface area contributed by atoms with Gasteiger partial charge in [-0.05, 0) is 52.4 Å². The van der Waals surface area contributed by atoms with Gasteiger partial charge in [-0.1, -0.05) is 30.7 Å². The van der Waals surface area contributed by atoms with Crippen LogP contribution in [0.2, 0.25) is 0 Å². The van der Waals surface area contributed by atoms with Crippen molar-refractivity contribution < 1.29 is 4.79 Å². The van der Waals surface area contributed by atoms with Gasteiger partial charge in [0, 0.05) is 19.0 Å². The number of nitrogens with zero attached hydrogens (tertiary/aromatic N) is 1. The minimum absolute atomic E-state index is 0.106. The molecule has 1 aliphatic rings. The van der Waals surface area contributed by atoms with Crippen molar-refractivity contribution in [3.8, 4) is 0 Å². The molecule has 1 amide bonds. The quantitative estimate of drug-likeness (QED) is 0.699. The highest BCUT2D eigenvalue weighted by molar-refractivity contribution is 5.74. The van der Waals surface area contributed by atoms with E-state index in [0.29, 0.717) is 18.4 Å². The highest BCUT2D eigenvalue weighted by Gasteiger charge is 2.22. The summed E-state index contributed by atoms with van der Waals surface area (Å²) >= 11 is 0. The van der Waals surface area contributed by atoms with E-state index in [1.165, 1.54) is 18.4 Å². The second kappa shape index (κ2) is 6.40. The summed E-state index contributed by atoms with van der Waals surface area (Å²) < 4.78 is 0. The maximum atomic E-state index is 11.7. The minimum atomic E-state index is -0.106. The van der Waals surface area contributed by atoms with E-state index in [1.807, 2.05) is 4.90 Å². The monoisotopic (exact) mass is 263 g/mol. The van der Waals surface area contributed by atoms with Gasteiger partial charge in [-0.15, -0.1) is 0 Å². The molecular weight excluding hydrogens is 234 g/mol. The fourth-order valence-electron chi connectivity index (χ4n) is 2.80. The van der Waals surface area contributed by atoms with E-state index in [9.17, 15) is 4.79 Å². The Balaban J connectivity index is 2.60. The van der Waals surface area contributed by atoms with Crippen molar-refractivity contribution in [2.45, 2.75) is 59.9 Å². The molecule has 0 aromatic rings. The molecule has 0 aromatic heterocycles. The molecule has 0 saturated heterocycles. The molecule has 0 aromatic carbocycles. The lowest BCUT2D eigenvalue weighted by Gasteiger charge is -2.34. The first-order valence-electron chi connectivity index (χ1n) is 7.34. The second-order valence-electron chi connectivity index (χ2n) is 6.80. The molecule has 2 nitrogen and oxygen atoms in total. The van der Waals surface area contributed by atoms with Crippen LogP contribution in [0.25, 0.3) is 0 Å². The van der Waals surface area contributed by atoms with Crippen LogP contribution in [0.1, 0.15) is 54.4 Å². The Bertz CT molecular complexity index is 373. The first-order valence-corrected chi connectivity index (χ1v) is 7.34. The molecule has 19 heavy (non-hydrogen) atoms. The molecule has 0 radical (unpaired) electrons. The predicted octanol–water partition coefficient (Wildman–Crippen LogP) is 4.18. The zero-order valence-corrected chi connectivity index (χ0v) is 13.4. The van der Waals surface area contributed by atoms with Gasteiger partial charge < -0.3 is 4.90 Å². The highest BCUT2D eigenvalue weighted by atomic mass is 16.2. The topological polar surface area (TPSA) is 20.3 Å².